The van der Waals surface area contributed by atoms with E-state index >= 15 is 0 Å². The number of nitrogens with zero attached hydrogens (tertiary/aromatic N) is 2. The number of aryl methyl sites for hydroxylation is 1. The van der Waals surface area contributed by atoms with Gasteiger partial charge in [-0.25, -0.2) is 0 Å². The van der Waals surface area contributed by atoms with E-state index in [1.54, 1.807) is 0 Å². The highest BCUT2D eigenvalue weighted by Gasteiger charge is 2.26. The number of amides is 1. The van der Waals surface area contributed by atoms with E-state index in [9.17, 15) is 4.79 Å². The van der Waals surface area contributed by atoms with Crippen LogP contribution in [0.2, 0.25) is 0 Å². The molecule has 0 aromatic heterocycles. The Bertz CT molecular complexity index is 572. The largest absolute Gasteiger partial charge is 0.378 e. The van der Waals surface area contributed by atoms with Crippen molar-refractivity contribution < 1.29 is 9.53 Å². The predicted molar refractivity (Wildman–Crippen MR) is 81.6 cm³/mol. The molecule has 0 atom stereocenters. The molecular formula is C15H16N2O2S. The smallest absolute Gasteiger partial charge is 0.286 e. The summed E-state index contributed by atoms with van der Waals surface area (Å²) in [5, 5.41) is 0.802. The lowest BCUT2D eigenvalue weighted by atomic mass is 10.1. The highest BCUT2D eigenvalue weighted by atomic mass is 32.2. The van der Waals surface area contributed by atoms with E-state index in [0.717, 1.165) is 23.8 Å². The van der Waals surface area contributed by atoms with E-state index in [0.29, 0.717) is 18.1 Å². The molecular weight excluding hydrogens is 272 g/mol. The van der Waals surface area contributed by atoms with Gasteiger partial charge in [0.1, 0.15) is 0 Å². The van der Waals surface area contributed by atoms with Crippen molar-refractivity contribution in [3.63, 3.8) is 0 Å². The van der Waals surface area contributed by atoms with Gasteiger partial charge in [0.05, 0.1) is 18.1 Å². The SMILES string of the molecule is Cc1ccc(C=C2SC(N3CCOCC3)=NC2=O)cc1. The molecule has 2 aliphatic heterocycles. The molecule has 2 heterocycles. The van der Waals surface area contributed by atoms with Crippen molar-refractivity contribution >= 4 is 28.9 Å². The van der Waals surface area contributed by atoms with Gasteiger partial charge in [0.15, 0.2) is 5.17 Å². The molecule has 0 spiro atoms. The highest BCUT2D eigenvalue weighted by molar-refractivity contribution is 8.18. The number of benzene rings is 1. The van der Waals surface area contributed by atoms with Crippen molar-refractivity contribution in [2.45, 2.75) is 6.92 Å². The van der Waals surface area contributed by atoms with Crippen molar-refractivity contribution in [2.24, 2.45) is 4.99 Å². The normalized spacial score (nSPS) is 21.4. The highest BCUT2D eigenvalue weighted by Crippen LogP contribution is 2.30. The van der Waals surface area contributed by atoms with Crippen LogP contribution in [0.5, 0.6) is 0 Å². The van der Waals surface area contributed by atoms with E-state index in [1.165, 1.54) is 17.3 Å². The minimum absolute atomic E-state index is 0.142. The molecule has 0 aliphatic carbocycles. The zero-order valence-electron chi connectivity index (χ0n) is 11.3. The molecule has 0 N–H and O–H groups in total. The zero-order chi connectivity index (χ0) is 13.9. The Kier molecular flexibility index (Phi) is 3.89. The van der Waals surface area contributed by atoms with Gasteiger partial charge in [0.25, 0.3) is 5.91 Å². The Morgan fingerprint density at radius 1 is 1.25 bits per heavy atom. The topological polar surface area (TPSA) is 41.9 Å². The third-order valence-corrected chi connectivity index (χ3v) is 4.31. The quantitative estimate of drug-likeness (QED) is 0.744. The molecule has 1 fully saturated rings. The van der Waals surface area contributed by atoms with Crippen LogP contribution in [-0.4, -0.2) is 42.3 Å². The second kappa shape index (κ2) is 5.81. The summed E-state index contributed by atoms with van der Waals surface area (Å²) in [7, 11) is 0. The summed E-state index contributed by atoms with van der Waals surface area (Å²) in [6.45, 7) is 5.05. The van der Waals surface area contributed by atoms with Gasteiger partial charge in [-0.05, 0) is 30.3 Å². The van der Waals surface area contributed by atoms with E-state index in [1.807, 2.05) is 37.3 Å². The first-order valence-electron chi connectivity index (χ1n) is 6.64. The lowest BCUT2D eigenvalue weighted by Crippen LogP contribution is -2.38. The van der Waals surface area contributed by atoms with Crippen LogP contribution in [0.15, 0.2) is 34.2 Å². The van der Waals surface area contributed by atoms with Gasteiger partial charge < -0.3 is 9.64 Å². The molecule has 0 radical (unpaired) electrons. The molecule has 0 bridgehead atoms. The molecule has 0 saturated carbocycles. The number of hydrogen-bond acceptors (Lipinski definition) is 4. The average molecular weight is 288 g/mol. The van der Waals surface area contributed by atoms with Crippen LogP contribution in [0.3, 0.4) is 0 Å². The van der Waals surface area contributed by atoms with Gasteiger partial charge in [-0.2, -0.15) is 4.99 Å². The second-order valence-corrected chi connectivity index (χ2v) is 5.83. The maximum Gasteiger partial charge on any atom is 0.286 e. The van der Waals surface area contributed by atoms with Crippen molar-refractivity contribution in [1.82, 2.24) is 4.90 Å². The fourth-order valence-corrected chi connectivity index (χ4v) is 3.07. The molecule has 5 heteroatoms. The van der Waals surface area contributed by atoms with Gasteiger partial charge in [-0.15, -0.1) is 0 Å². The van der Waals surface area contributed by atoms with Crippen LogP contribution in [0.4, 0.5) is 0 Å². The number of morpholine rings is 1. The number of aliphatic imine (C=N–C) groups is 1. The van der Waals surface area contributed by atoms with Gasteiger partial charge in [0.2, 0.25) is 0 Å². The fraction of sp³-hybridized carbons (Fsp3) is 0.333. The molecule has 1 saturated heterocycles. The number of rotatable bonds is 1. The fourth-order valence-electron chi connectivity index (χ4n) is 2.10. The molecule has 1 aromatic carbocycles. The third-order valence-electron chi connectivity index (χ3n) is 3.27. The first kappa shape index (κ1) is 13.4. The van der Waals surface area contributed by atoms with E-state index in [2.05, 4.69) is 9.89 Å². The Morgan fingerprint density at radius 2 is 1.95 bits per heavy atom. The van der Waals surface area contributed by atoms with Crippen LogP contribution in [0.25, 0.3) is 6.08 Å². The number of thioether (sulfide) groups is 1. The van der Waals surface area contributed by atoms with Crippen LogP contribution in [0.1, 0.15) is 11.1 Å². The summed E-state index contributed by atoms with van der Waals surface area (Å²) in [6.07, 6.45) is 1.91. The Morgan fingerprint density at radius 3 is 2.65 bits per heavy atom. The van der Waals surface area contributed by atoms with Crippen LogP contribution < -0.4 is 0 Å². The van der Waals surface area contributed by atoms with Crippen LogP contribution >= 0.6 is 11.8 Å². The first-order chi connectivity index (χ1) is 9.72. The second-order valence-electron chi connectivity index (χ2n) is 4.82. The van der Waals surface area contributed by atoms with E-state index in [4.69, 9.17) is 4.74 Å². The number of ether oxygens (including phenoxy) is 1. The first-order valence-corrected chi connectivity index (χ1v) is 7.46. The van der Waals surface area contributed by atoms with Crippen molar-refractivity contribution in [3.05, 3.63) is 40.3 Å². The zero-order valence-corrected chi connectivity index (χ0v) is 12.2. The monoisotopic (exact) mass is 288 g/mol. The predicted octanol–water partition coefficient (Wildman–Crippen LogP) is 2.30. The Hall–Kier alpha value is -1.59. The number of carbonyl (C=O) groups excluding carboxylic acids is 1. The molecule has 104 valence electrons. The molecule has 4 nitrogen and oxygen atoms in total. The Balaban J connectivity index is 1.74. The number of hydrogen-bond donors (Lipinski definition) is 0. The lowest BCUT2D eigenvalue weighted by molar-refractivity contribution is -0.113. The summed E-state index contributed by atoms with van der Waals surface area (Å²) in [6, 6.07) is 8.12. The van der Waals surface area contributed by atoms with Gasteiger partial charge in [-0.3, -0.25) is 4.79 Å². The number of amidine groups is 1. The third kappa shape index (κ3) is 2.94. The summed E-state index contributed by atoms with van der Waals surface area (Å²) in [5.74, 6) is -0.142. The van der Waals surface area contributed by atoms with E-state index < -0.39 is 0 Å². The maximum atomic E-state index is 12.0. The van der Waals surface area contributed by atoms with Gasteiger partial charge >= 0.3 is 0 Å². The summed E-state index contributed by atoms with van der Waals surface area (Å²) < 4.78 is 5.31. The minimum atomic E-state index is -0.142. The van der Waals surface area contributed by atoms with Crippen LogP contribution in [-0.2, 0) is 9.53 Å². The average Bonchev–Trinajstić information content (AvgIpc) is 2.84. The van der Waals surface area contributed by atoms with Gasteiger partial charge in [0, 0.05) is 13.1 Å². The Labute approximate surface area is 122 Å². The standard InChI is InChI=1S/C15H16N2O2S/c1-11-2-4-12(5-3-11)10-13-14(18)16-15(20-13)17-6-8-19-9-7-17/h2-5,10H,6-9H2,1H3. The lowest BCUT2D eigenvalue weighted by Gasteiger charge is -2.27. The van der Waals surface area contributed by atoms with Gasteiger partial charge in [-0.1, -0.05) is 29.8 Å². The van der Waals surface area contributed by atoms with Crippen molar-refractivity contribution in [2.75, 3.05) is 26.3 Å². The minimum Gasteiger partial charge on any atom is -0.378 e. The van der Waals surface area contributed by atoms with Crippen LogP contribution in [0, 0.1) is 6.92 Å². The molecule has 20 heavy (non-hydrogen) atoms. The summed E-state index contributed by atoms with van der Waals surface area (Å²) in [5.41, 5.74) is 2.24. The van der Waals surface area contributed by atoms with Crippen molar-refractivity contribution in [3.8, 4) is 0 Å². The summed E-state index contributed by atoms with van der Waals surface area (Å²) in [4.78, 5) is 18.9. The summed E-state index contributed by atoms with van der Waals surface area (Å²) >= 11 is 1.46. The van der Waals surface area contributed by atoms with E-state index in [-0.39, 0.29) is 5.91 Å². The number of carbonyl (C=O) groups is 1. The molecule has 1 amide bonds. The van der Waals surface area contributed by atoms with Crippen molar-refractivity contribution in [1.29, 1.82) is 0 Å². The molecule has 1 aromatic rings. The molecule has 3 rings (SSSR count). The molecule has 0 unspecified atom stereocenters. The molecule has 2 aliphatic rings. The maximum absolute atomic E-state index is 12.0.